The van der Waals surface area contributed by atoms with Crippen LogP contribution >= 0.6 is 11.6 Å². The second-order valence-electron chi connectivity index (χ2n) is 5.83. The highest BCUT2D eigenvalue weighted by Crippen LogP contribution is 2.14. The molecule has 1 atom stereocenters. The molecule has 1 heterocycles. The molecule has 134 valence electrons. The van der Waals surface area contributed by atoms with Gasteiger partial charge in [-0.25, -0.2) is 0 Å². The van der Waals surface area contributed by atoms with E-state index in [4.69, 9.17) is 11.6 Å². The van der Waals surface area contributed by atoms with Gasteiger partial charge in [-0.3, -0.25) is 0 Å². The van der Waals surface area contributed by atoms with Crippen molar-refractivity contribution in [3.63, 3.8) is 0 Å². The van der Waals surface area contributed by atoms with Crippen LogP contribution in [0.5, 0.6) is 0 Å². The van der Waals surface area contributed by atoms with E-state index in [9.17, 15) is 0 Å². The van der Waals surface area contributed by atoms with E-state index in [-0.39, 0.29) is 5.28 Å². The van der Waals surface area contributed by atoms with Crippen LogP contribution < -0.4 is 10.6 Å². The molecule has 1 aromatic heterocycles. The zero-order valence-corrected chi connectivity index (χ0v) is 15.9. The van der Waals surface area contributed by atoms with E-state index < -0.39 is 0 Å². The average Bonchev–Trinajstić information content (AvgIpc) is 2.56. The van der Waals surface area contributed by atoms with E-state index in [0.717, 1.165) is 13.0 Å². The maximum atomic E-state index is 5.93. The molecule has 1 unspecified atom stereocenters. The number of hydrogen-bond acceptors (Lipinski definition) is 5. The molecule has 24 heavy (non-hydrogen) atoms. The van der Waals surface area contributed by atoms with Crippen molar-refractivity contribution in [2.45, 2.75) is 65.7 Å². The lowest BCUT2D eigenvalue weighted by Gasteiger charge is -2.08. The molecule has 0 aromatic carbocycles. The quantitative estimate of drug-likeness (QED) is 0.444. The first-order valence-electron chi connectivity index (χ1n) is 9.07. The molecule has 0 radical (unpaired) electrons. The van der Waals surface area contributed by atoms with Crippen LogP contribution in [0.1, 0.15) is 65.7 Å². The number of halogens is 1. The SMILES string of the molecule is CCCCCC(C#CCNc1nc(Cl)nc(NCCC)n1)CCC. The van der Waals surface area contributed by atoms with Gasteiger partial charge in [0.1, 0.15) is 0 Å². The first-order valence-corrected chi connectivity index (χ1v) is 9.45. The molecule has 6 heteroatoms. The molecule has 0 fully saturated rings. The van der Waals surface area contributed by atoms with Gasteiger partial charge in [-0.2, -0.15) is 15.0 Å². The van der Waals surface area contributed by atoms with Crippen LogP contribution in [0.25, 0.3) is 0 Å². The fraction of sp³-hybridized carbons (Fsp3) is 0.722. The minimum atomic E-state index is 0.183. The van der Waals surface area contributed by atoms with Crippen LogP contribution in [0.3, 0.4) is 0 Å². The fourth-order valence-electron chi connectivity index (χ4n) is 2.34. The van der Waals surface area contributed by atoms with Crippen molar-refractivity contribution in [3.05, 3.63) is 5.28 Å². The Labute approximate surface area is 151 Å². The van der Waals surface area contributed by atoms with Crippen LogP contribution in [0.15, 0.2) is 0 Å². The standard InChI is InChI=1S/C18H30ClN5/c1-4-7-8-11-15(10-5-2)12-9-14-21-18-23-16(19)22-17(24-18)20-13-6-3/h15H,4-8,10-11,13-14H2,1-3H3,(H2,20,21,22,23,24). The Bertz CT molecular complexity index is 524. The van der Waals surface area contributed by atoms with Crippen LogP contribution in [0.4, 0.5) is 11.9 Å². The Morgan fingerprint density at radius 1 is 0.917 bits per heavy atom. The lowest BCUT2D eigenvalue weighted by atomic mass is 9.97. The van der Waals surface area contributed by atoms with Crippen molar-refractivity contribution in [2.24, 2.45) is 5.92 Å². The Morgan fingerprint density at radius 2 is 1.67 bits per heavy atom. The van der Waals surface area contributed by atoms with Gasteiger partial charge in [0, 0.05) is 12.5 Å². The molecule has 1 aromatic rings. The third-order valence-corrected chi connectivity index (χ3v) is 3.74. The van der Waals surface area contributed by atoms with Crippen LogP contribution in [-0.4, -0.2) is 28.0 Å². The summed E-state index contributed by atoms with van der Waals surface area (Å²) in [6.07, 6.45) is 8.33. The highest BCUT2D eigenvalue weighted by molar-refractivity contribution is 6.28. The van der Waals surface area contributed by atoms with E-state index in [1.807, 2.05) is 0 Å². The molecule has 0 bridgehead atoms. The van der Waals surface area contributed by atoms with Gasteiger partial charge in [-0.05, 0) is 30.9 Å². The monoisotopic (exact) mass is 351 g/mol. The summed E-state index contributed by atoms with van der Waals surface area (Å²) in [5, 5.41) is 6.40. The van der Waals surface area contributed by atoms with Crippen molar-refractivity contribution >= 4 is 23.5 Å². The minimum Gasteiger partial charge on any atom is -0.354 e. The number of nitrogens with one attached hydrogen (secondary N) is 2. The second kappa shape index (κ2) is 12.8. The maximum absolute atomic E-state index is 5.93. The summed E-state index contributed by atoms with van der Waals surface area (Å²) >= 11 is 5.93. The molecule has 0 aliphatic carbocycles. The average molecular weight is 352 g/mol. The highest BCUT2D eigenvalue weighted by atomic mass is 35.5. The van der Waals surface area contributed by atoms with E-state index in [0.29, 0.717) is 24.4 Å². The van der Waals surface area contributed by atoms with Crippen molar-refractivity contribution in [3.8, 4) is 11.8 Å². The fourth-order valence-corrected chi connectivity index (χ4v) is 2.50. The Hall–Kier alpha value is -1.54. The molecule has 2 N–H and O–H groups in total. The van der Waals surface area contributed by atoms with Gasteiger partial charge >= 0.3 is 0 Å². The first kappa shape index (κ1) is 20.5. The summed E-state index contributed by atoms with van der Waals surface area (Å²) in [4.78, 5) is 12.4. The van der Waals surface area contributed by atoms with Crippen LogP contribution in [0.2, 0.25) is 5.28 Å². The predicted molar refractivity (Wildman–Crippen MR) is 102 cm³/mol. The Balaban J connectivity index is 2.51. The number of hydrogen-bond donors (Lipinski definition) is 2. The van der Waals surface area contributed by atoms with Gasteiger partial charge in [0.25, 0.3) is 0 Å². The van der Waals surface area contributed by atoms with E-state index in [1.165, 1.54) is 38.5 Å². The number of rotatable bonds is 11. The summed E-state index contributed by atoms with van der Waals surface area (Å²) < 4.78 is 0. The number of unbranched alkanes of at least 4 members (excludes halogenated alkanes) is 2. The maximum Gasteiger partial charge on any atom is 0.229 e. The van der Waals surface area contributed by atoms with Gasteiger partial charge in [-0.1, -0.05) is 58.3 Å². The summed E-state index contributed by atoms with van der Waals surface area (Å²) in [5.41, 5.74) is 0. The lowest BCUT2D eigenvalue weighted by Crippen LogP contribution is -2.10. The Morgan fingerprint density at radius 3 is 2.33 bits per heavy atom. The minimum absolute atomic E-state index is 0.183. The van der Waals surface area contributed by atoms with E-state index in [1.54, 1.807) is 0 Å². The second-order valence-corrected chi connectivity index (χ2v) is 6.17. The molecule has 0 saturated heterocycles. The first-order chi connectivity index (χ1) is 11.7. The molecular weight excluding hydrogens is 322 g/mol. The van der Waals surface area contributed by atoms with Crippen molar-refractivity contribution in [1.82, 2.24) is 15.0 Å². The summed E-state index contributed by atoms with van der Waals surface area (Å²) in [7, 11) is 0. The van der Waals surface area contributed by atoms with Crippen LogP contribution in [-0.2, 0) is 0 Å². The van der Waals surface area contributed by atoms with Gasteiger partial charge in [0.15, 0.2) is 0 Å². The van der Waals surface area contributed by atoms with Crippen molar-refractivity contribution < 1.29 is 0 Å². The van der Waals surface area contributed by atoms with Crippen molar-refractivity contribution in [1.29, 1.82) is 0 Å². The van der Waals surface area contributed by atoms with Gasteiger partial charge in [0.2, 0.25) is 17.2 Å². The molecule has 5 nitrogen and oxygen atoms in total. The molecule has 0 amide bonds. The summed E-state index contributed by atoms with van der Waals surface area (Å²) in [6.45, 7) is 7.84. The van der Waals surface area contributed by atoms with E-state index in [2.05, 4.69) is 58.2 Å². The highest BCUT2D eigenvalue weighted by Gasteiger charge is 2.04. The molecule has 0 saturated carbocycles. The molecule has 0 aliphatic rings. The normalized spacial score (nSPS) is 11.5. The smallest absolute Gasteiger partial charge is 0.229 e. The third-order valence-electron chi connectivity index (χ3n) is 3.58. The van der Waals surface area contributed by atoms with Gasteiger partial charge in [0.05, 0.1) is 6.54 Å². The lowest BCUT2D eigenvalue weighted by molar-refractivity contribution is 0.515. The molecular formula is C18H30ClN5. The topological polar surface area (TPSA) is 62.7 Å². The number of anilines is 2. The summed E-state index contributed by atoms with van der Waals surface area (Å²) in [5.74, 6) is 8.03. The van der Waals surface area contributed by atoms with Crippen LogP contribution in [0, 0.1) is 17.8 Å². The van der Waals surface area contributed by atoms with Gasteiger partial charge in [-0.15, -0.1) is 0 Å². The largest absolute Gasteiger partial charge is 0.354 e. The van der Waals surface area contributed by atoms with Crippen molar-refractivity contribution in [2.75, 3.05) is 23.7 Å². The summed E-state index contributed by atoms with van der Waals surface area (Å²) in [6, 6.07) is 0. The molecule has 1 rings (SSSR count). The molecule has 0 aliphatic heterocycles. The third kappa shape index (κ3) is 8.93. The van der Waals surface area contributed by atoms with Gasteiger partial charge < -0.3 is 10.6 Å². The Kier molecular flexibility index (Phi) is 11.0. The zero-order chi connectivity index (χ0) is 17.6. The predicted octanol–water partition coefficient (Wildman–Crippen LogP) is 4.76. The molecule has 0 spiro atoms. The number of aromatic nitrogens is 3. The number of nitrogens with zero attached hydrogens (tertiary/aromatic N) is 3. The zero-order valence-electron chi connectivity index (χ0n) is 15.2. The van der Waals surface area contributed by atoms with E-state index >= 15 is 0 Å².